The summed E-state index contributed by atoms with van der Waals surface area (Å²) in [4.78, 5) is 26.0. The van der Waals surface area contributed by atoms with Crippen LogP contribution in [0.1, 0.15) is 12.8 Å². The maximum absolute atomic E-state index is 11.9. The number of rotatable bonds is 5. The normalized spacial score (nSPS) is 15.7. The molecule has 1 fully saturated rings. The monoisotopic (exact) mass is 281 g/mol. The molecule has 1 N–H and O–H groups in total. The number of alkyl halides is 3. The molecule has 1 aliphatic heterocycles. The van der Waals surface area contributed by atoms with Gasteiger partial charge in [-0.25, -0.2) is 0 Å². The fraction of sp³-hybridized carbons (Fsp3) is 0.818. The Hall–Kier alpha value is -1.31. The average molecular weight is 281 g/mol. The summed E-state index contributed by atoms with van der Waals surface area (Å²) in [5, 5.41) is 2.01. The number of amides is 2. The second-order valence-electron chi connectivity index (χ2n) is 4.56. The zero-order chi connectivity index (χ0) is 14.5. The first kappa shape index (κ1) is 15.7. The van der Waals surface area contributed by atoms with Crippen LogP contribution in [0.15, 0.2) is 0 Å². The Labute approximate surface area is 109 Å². The lowest BCUT2D eigenvalue weighted by Gasteiger charge is -2.21. The zero-order valence-electron chi connectivity index (χ0n) is 10.8. The van der Waals surface area contributed by atoms with E-state index in [2.05, 4.69) is 0 Å². The predicted molar refractivity (Wildman–Crippen MR) is 62.4 cm³/mol. The van der Waals surface area contributed by atoms with Crippen LogP contribution in [-0.4, -0.2) is 67.6 Å². The number of carbonyl (C=O) groups excluding carboxylic acids is 2. The van der Waals surface area contributed by atoms with Gasteiger partial charge in [0.15, 0.2) is 0 Å². The molecular weight excluding hydrogens is 263 g/mol. The van der Waals surface area contributed by atoms with Gasteiger partial charge >= 0.3 is 6.18 Å². The predicted octanol–water partition coefficient (Wildman–Crippen LogP) is 0.219. The van der Waals surface area contributed by atoms with Crippen LogP contribution in [0.3, 0.4) is 0 Å². The summed E-state index contributed by atoms with van der Waals surface area (Å²) in [6.07, 6.45) is -2.43. The molecule has 5 nitrogen and oxygen atoms in total. The number of halogens is 3. The minimum absolute atomic E-state index is 0.0907. The summed E-state index contributed by atoms with van der Waals surface area (Å²) in [7, 11) is 1.41. The van der Waals surface area contributed by atoms with Gasteiger partial charge in [0, 0.05) is 20.1 Å². The highest BCUT2D eigenvalue weighted by atomic mass is 19.4. The highest BCUT2D eigenvalue weighted by Crippen LogP contribution is 2.12. The third kappa shape index (κ3) is 5.91. The van der Waals surface area contributed by atoms with Crippen LogP contribution >= 0.6 is 0 Å². The smallest absolute Gasteiger partial charge is 0.341 e. The quantitative estimate of drug-likeness (QED) is 0.784. The number of carbonyl (C=O) groups is 2. The minimum Gasteiger partial charge on any atom is -0.341 e. The van der Waals surface area contributed by atoms with Gasteiger partial charge in [0.25, 0.3) is 0 Å². The summed E-state index contributed by atoms with van der Waals surface area (Å²) >= 11 is 0. The molecule has 1 rings (SSSR count). The van der Waals surface area contributed by atoms with Crippen molar-refractivity contribution in [2.45, 2.75) is 19.0 Å². The van der Waals surface area contributed by atoms with Crippen molar-refractivity contribution in [3.8, 4) is 0 Å². The topological polar surface area (TPSA) is 52.7 Å². The molecule has 0 radical (unpaired) electrons. The second-order valence-corrected chi connectivity index (χ2v) is 4.56. The van der Waals surface area contributed by atoms with E-state index < -0.39 is 25.2 Å². The number of nitrogens with zero attached hydrogens (tertiary/aromatic N) is 2. The number of hydrogen-bond donors (Lipinski definition) is 1. The van der Waals surface area contributed by atoms with E-state index in [0.29, 0.717) is 13.1 Å². The second kappa shape index (κ2) is 6.74. The van der Waals surface area contributed by atoms with Gasteiger partial charge in [0.1, 0.15) is 0 Å². The van der Waals surface area contributed by atoms with Crippen LogP contribution in [0.5, 0.6) is 0 Å². The van der Waals surface area contributed by atoms with Crippen molar-refractivity contribution >= 4 is 11.8 Å². The van der Waals surface area contributed by atoms with E-state index in [4.69, 9.17) is 0 Å². The SMILES string of the molecule is CN(CC(=O)N1CCCC1)C(=O)CNCC(F)(F)F. The molecule has 0 bridgehead atoms. The lowest BCUT2D eigenvalue weighted by atomic mass is 10.4. The molecule has 1 heterocycles. The average Bonchev–Trinajstić information content (AvgIpc) is 2.80. The number of nitrogens with one attached hydrogen (secondary N) is 1. The van der Waals surface area contributed by atoms with E-state index in [1.807, 2.05) is 5.32 Å². The third-order valence-corrected chi connectivity index (χ3v) is 2.86. The molecule has 0 aliphatic carbocycles. The van der Waals surface area contributed by atoms with Crippen molar-refractivity contribution in [1.82, 2.24) is 15.1 Å². The third-order valence-electron chi connectivity index (χ3n) is 2.86. The summed E-state index contributed by atoms with van der Waals surface area (Å²) < 4.78 is 35.6. The van der Waals surface area contributed by atoms with Crippen molar-refractivity contribution < 1.29 is 22.8 Å². The van der Waals surface area contributed by atoms with Crippen molar-refractivity contribution in [2.75, 3.05) is 39.8 Å². The Morgan fingerprint density at radius 2 is 1.84 bits per heavy atom. The summed E-state index contributed by atoms with van der Waals surface area (Å²) in [5.41, 5.74) is 0. The first-order valence-corrected chi connectivity index (χ1v) is 6.09. The lowest BCUT2D eigenvalue weighted by Crippen LogP contribution is -2.44. The van der Waals surface area contributed by atoms with Gasteiger partial charge < -0.3 is 15.1 Å². The van der Waals surface area contributed by atoms with Crippen LogP contribution in [0.25, 0.3) is 0 Å². The van der Waals surface area contributed by atoms with Gasteiger partial charge in [-0.2, -0.15) is 13.2 Å². The maximum Gasteiger partial charge on any atom is 0.401 e. The van der Waals surface area contributed by atoms with E-state index in [1.54, 1.807) is 4.90 Å². The van der Waals surface area contributed by atoms with Crippen molar-refractivity contribution in [2.24, 2.45) is 0 Å². The van der Waals surface area contributed by atoms with Crippen LogP contribution in [0, 0.1) is 0 Å². The van der Waals surface area contributed by atoms with E-state index in [1.165, 1.54) is 7.05 Å². The Morgan fingerprint density at radius 1 is 1.26 bits per heavy atom. The molecule has 1 aliphatic rings. The number of likely N-dealkylation sites (tertiary alicyclic amines) is 1. The van der Waals surface area contributed by atoms with Crippen LogP contribution in [-0.2, 0) is 9.59 Å². The molecule has 19 heavy (non-hydrogen) atoms. The molecule has 0 aromatic rings. The lowest BCUT2D eigenvalue weighted by molar-refractivity contribution is -0.140. The largest absolute Gasteiger partial charge is 0.401 e. The Bertz CT molecular complexity index is 328. The number of likely N-dealkylation sites (N-methyl/N-ethyl adjacent to an activating group) is 1. The van der Waals surface area contributed by atoms with Gasteiger partial charge in [-0.1, -0.05) is 0 Å². The fourth-order valence-electron chi connectivity index (χ4n) is 1.80. The molecule has 2 amide bonds. The van der Waals surface area contributed by atoms with Crippen LogP contribution < -0.4 is 5.32 Å². The zero-order valence-corrected chi connectivity index (χ0v) is 10.8. The van der Waals surface area contributed by atoms with Gasteiger partial charge in [0.2, 0.25) is 11.8 Å². The van der Waals surface area contributed by atoms with E-state index in [-0.39, 0.29) is 12.5 Å². The van der Waals surface area contributed by atoms with Gasteiger partial charge in [-0.3, -0.25) is 9.59 Å². The van der Waals surface area contributed by atoms with Crippen molar-refractivity contribution in [1.29, 1.82) is 0 Å². The highest BCUT2D eigenvalue weighted by Gasteiger charge is 2.27. The Kier molecular flexibility index (Phi) is 5.59. The first-order valence-electron chi connectivity index (χ1n) is 6.09. The summed E-state index contributed by atoms with van der Waals surface area (Å²) in [6, 6.07) is 0. The molecule has 0 aromatic heterocycles. The maximum atomic E-state index is 11.9. The summed E-state index contributed by atoms with van der Waals surface area (Å²) in [6.45, 7) is -0.358. The molecule has 1 saturated heterocycles. The first-order chi connectivity index (χ1) is 8.79. The summed E-state index contributed by atoms with van der Waals surface area (Å²) in [5.74, 6) is -0.694. The van der Waals surface area contributed by atoms with Crippen molar-refractivity contribution in [3.63, 3.8) is 0 Å². The standard InChI is InChI=1S/C11H18F3N3O2/c1-16(7-10(19)17-4-2-3-5-17)9(18)6-15-8-11(12,13)14/h15H,2-8H2,1H3. The molecule has 110 valence electrons. The van der Waals surface area contributed by atoms with Crippen LogP contribution in [0.2, 0.25) is 0 Å². The van der Waals surface area contributed by atoms with E-state index in [0.717, 1.165) is 17.7 Å². The Balaban J connectivity index is 2.26. The molecular formula is C11H18F3N3O2. The van der Waals surface area contributed by atoms with Gasteiger partial charge in [0.05, 0.1) is 19.6 Å². The molecule has 0 spiro atoms. The van der Waals surface area contributed by atoms with Gasteiger partial charge in [-0.05, 0) is 12.8 Å². The molecule has 0 atom stereocenters. The van der Waals surface area contributed by atoms with E-state index >= 15 is 0 Å². The van der Waals surface area contributed by atoms with Gasteiger partial charge in [-0.15, -0.1) is 0 Å². The number of hydrogen-bond acceptors (Lipinski definition) is 3. The van der Waals surface area contributed by atoms with E-state index in [9.17, 15) is 22.8 Å². The molecule has 0 aromatic carbocycles. The van der Waals surface area contributed by atoms with Crippen LogP contribution in [0.4, 0.5) is 13.2 Å². The fourth-order valence-corrected chi connectivity index (χ4v) is 1.80. The Morgan fingerprint density at radius 3 is 2.37 bits per heavy atom. The molecule has 0 unspecified atom stereocenters. The minimum atomic E-state index is -4.34. The molecule has 0 saturated carbocycles. The van der Waals surface area contributed by atoms with Crippen molar-refractivity contribution in [3.05, 3.63) is 0 Å². The highest BCUT2D eigenvalue weighted by molar-refractivity contribution is 5.85. The molecule has 8 heteroatoms.